The highest BCUT2D eigenvalue weighted by molar-refractivity contribution is 5.88. The summed E-state index contributed by atoms with van der Waals surface area (Å²) in [6, 6.07) is 10.8. The Balaban J connectivity index is 1.34. The Bertz CT molecular complexity index is 991. The van der Waals surface area contributed by atoms with Crippen LogP contribution >= 0.6 is 0 Å². The van der Waals surface area contributed by atoms with Gasteiger partial charge >= 0.3 is 6.18 Å². The lowest BCUT2D eigenvalue weighted by molar-refractivity contribution is -0.141. The van der Waals surface area contributed by atoms with Gasteiger partial charge < -0.3 is 0 Å². The van der Waals surface area contributed by atoms with Gasteiger partial charge in [0.2, 0.25) is 11.9 Å². The molecule has 0 atom stereocenters. The number of hydrogen-bond acceptors (Lipinski definition) is 4. The van der Waals surface area contributed by atoms with Gasteiger partial charge in [0.25, 0.3) is 0 Å². The van der Waals surface area contributed by atoms with Crippen LogP contribution in [0.1, 0.15) is 42.1 Å². The van der Waals surface area contributed by atoms with Gasteiger partial charge in [-0.1, -0.05) is 30.3 Å². The normalized spacial score (nSPS) is 14.2. The highest BCUT2D eigenvalue weighted by atomic mass is 19.4. The average molecular weight is 404 g/mol. The van der Waals surface area contributed by atoms with Crippen molar-refractivity contribution < 1.29 is 18.0 Å². The van der Waals surface area contributed by atoms with Gasteiger partial charge in [-0.3, -0.25) is 14.8 Å². The van der Waals surface area contributed by atoms with Gasteiger partial charge in [0, 0.05) is 18.0 Å². The number of benzene rings is 1. The third-order valence-corrected chi connectivity index (χ3v) is 4.62. The number of amides is 1. The molecule has 0 aliphatic heterocycles. The number of aromatic nitrogens is 5. The lowest BCUT2D eigenvalue weighted by atomic mass is 10.2. The van der Waals surface area contributed by atoms with E-state index in [-0.39, 0.29) is 30.7 Å². The number of anilines is 1. The van der Waals surface area contributed by atoms with Gasteiger partial charge in [-0.2, -0.15) is 18.3 Å². The summed E-state index contributed by atoms with van der Waals surface area (Å²) in [4.78, 5) is 16.2. The number of aryl methyl sites for hydroxylation is 1. The molecule has 2 aromatic heterocycles. The van der Waals surface area contributed by atoms with Crippen molar-refractivity contribution in [3.63, 3.8) is 0 Å². The molecule has 1 aliphatic carbocycles. The summed E-state index contributed by atoms with van der Waals surface area (Å²) in [5.41, 5.74) is 0.665. The summed E-state index contributed by atoms with van der Waals surface area (Å²) in [6.07, 6.45) is -1.31. The first-order valence-corrected chi connectivity index (χ1v) is 9.26. The minimum absolute atomic E-state index is 0.0219. The van der Waals surface area contributed by atoms with Crippen LogP contribution in [0.5, 0.6) is 0 Å². The Labute approximate surface area is 164 Å². The molecular weight excluding hydrogens is 385 g/mol. The number of nitrogens with zero attached hydrogens (tertiary/aromatic N) is 5. The van der Waals surface area contributed by atoms with Crippen LogP contribution in [0.3, 0.4) is 0 Å². The van der Waals surface area contributed by atoms with Gasteiger partial charge in [0.05, 0.1) is 13.1 Å². The fourth-order valence-corrected chi connectivity index (χ4v) is 3.05. The van der Waals surface area contributed by atoms with Gasteiger partial charge in [-0.05, 0) is 24.5 Å². The number of carbonyl (C=O) groups is 1. The van der Waals surface area contributed by atoms with Gasteiger partial charge in [-0.25, -0.2) is 9.67 Å². The van der Waals surface area contributed by atoms with E-state index in [9.17, 15) is 18.0 Å². The molecule has 1 amide bonds. The van der Waals surface area contributed by atoms with E-state index in [1.165, 1.54) is 11.0 Å². The molecule has 0 radical (unpaired) electrons. The maximum absolute atomic E-state index is 12.9. The van der Waals surface area contributed by atoms with Crippen molar-refractivity contribution in [1.29, 1.82) is 0 Å². The molecule has 1 aliphatic rings. The lowest BCUT2D eigenvalue weighted by Gasteiger charge is -2.06. The maximum atomic E-state index is 12.9. The number of rotatable bonds is 7. The maximum Gasteiger partial charge on any atom is 0.435 e. The van der Waals surface area contributed by atoms with E-state index >= 15 is 0 Å². The summed E-state index contributed by atoms with van der Waals surface area (Å²) in [5.74, 6) is -0.130. The Morgan fingerprint density at radius 3 is 2.62 bits per heavy atom. The van der Waals surface area contributed by atoms with E-state index in [0.29, 0.717) is 12.2 Å². The van der Waals surface area contributed by atoms with E-state index in [1.54, 1.807) is 4.68 Å². The van der Waals surface area contributed by atoms with Crippen molar-refractivity contribution in [2.75, 3.05) is 5.32 Å². The van der Waals surface area contributed by atoms with E-state index in [2.05, 4.69) is 20.5 Å². The van der Waals surface area contributed by atoms with Crippen molar-refractivity contribution in [2.24, 2.45) is 0 Å². The quantitative estimate of drug-likeness (QED) is 0.654. The third-order valence-electron chi connectivity index (χ3n) is 4.62. The van der Waals surface area contributed by atoms with Crippen LogP contribution in [0, 0.1) is 0 Å². The number of halogens is 3. The van der Waals surface area contributed by atoms with Gasteiger partial charge in [-0.15, -0.1) is 5.10 Å². The molecule has 1 N–H and O–H groups in total. The molecule has 1 aromatic carbocycles. The van der Waals surface area contributed by atoms with E-state index in [4.69, 9.17) is 0 Å². The van der Waals surface area contributed by atoms with Crippen molar-refractivity contribution in [1.82, 2.24) is 24.5 Å². The first-order chi connectivity index (χ1) is 13.9. The van der Waals surface area contributed by atoms with Crippen molar-refractivity contribution >= 4 is 11.9 Å². The Hall–Kier alpha value is -3.17. The number of hydrogen-bond donors (Lipinski definition) is 1. The van der Waals surface area contributed by atoms with Crippen molar-refractivity contribution in [2.45, 2.75) is 44.4 Å². The van der Waals surface area contributed by atoms with E-state index < -0.39 is 11.9 Å². The molecule has 0 bridgehead atoms. The Morgan fingerprint density at radius 2 is 1.93 bits per heavy atom. The summed E-state index contributed by atoms with van der Waals surface area (Å²) in [7, 11) is 0. The van der Waals surface area contributed by atoms with Crippen LogP contribution in [0.25, 0.3) is 0 Å². The molecule has 2 heterocycles. The summed E-state index contributed by atoms with van der Waals surface area (Å²) >= 11 is 0. The minimum atomic E-state index is -4.49. The molecular formula is C19H19F3N6O. The summed E-state index contributed by atoms with van der Waals surface area (Å²) in [5, 5.41) is 10.4. The first-order valence-electron chi connectivity index (χ1n) is 9.26. The van der Waals surface area contributed by atoms with E-state index in [0.717, 1.165) is 24.5 Å². The van der Waals surface area contributed by atoms with Crippen LogP contribution in [-0.4, -0.2) is 30.5 Å². The highest BCUT2D eigenvalue weighted by Crippen LogP contribution is 2.42. The van der Waals surface area contributed by atoms with Crippen LogP contribution in [0.15, 0.2) is 42.7 Å². The highest BCUT2D eigenvalue weighted by Gasteiger charge is 2.37. The SMILES string of the molecule is O=C(CCn1nc(C(F)(F)F)cc1C1CC1)Nc1ncn(Cc2ccccc2)n1. The second-order valence-corrected chi connectivity index (χ2v) is 7.00. The molecule has 152 valence electrons. The fraction of sp³-hybridized carbons (Fsp3) is 0.368. The predicted molar refractivity (Wildman–Crippen MR) is 98.0 cm³/mol. The van der Waals surface area contributed by atoms with Crippen LogP contribution in [0.2, 0.25) is 0 Å². The summed E-state index contributed by atoms with van der Waals surface area (Å²) in [6.45, 7) is 0.584. The van der Waals surface area contributed by atoms with Crippen molar-refractivity contribution in [3.8, 4) is 0 Å². The number of carbonyl (C=O) groups excluding carboxylic acids is 1. The Morgan fingerprint density at radius 1 is 1.17 bits per heavy atom. The molecule has 0 saturated heterocycles. The molecule has 4 rings (SSSR count). The lowest BCUT2D eigenvalue weighted by Crippen LogP contribution is -2.17. The number of alkyl halides is 3. The molecule has 3 aromatic rings. The molecule has 7 nitrogen and oxygen atoms in total. The van der Waals surface area contributed by atoms with Crippen LogP contribution in [-0.2, 0) is 24.1 Å². The summed E-state index contributed by atoms with van der Waals surface area (Å²) < 4.78 is 41.7. The largest absolute Gasteiger partial charge is 0.435 e. The van der Waals surface area contributed by atoms with Gasteiger partial charge in [0.1, 0.15) is 6.33 Å². The first kappa shape index (κ1) is 19.2. The zero-order valence-electron chi connectivity index (χ0n) is 15.4. The van der Waals surface area contributed by atoms with Gasteiger partial charge in [0.15, 0.2) is 5.69 Å². The smallest absolute Gasteiger partial charge is 0.293 e. The average Bonchev–Trinajstić information content (AvgIpc) is 3.27. The monoisotopic (exact) mass is 404 g/mol. The molecule has 0 spiro atoms. The molecule has 1 saturated carbocycles. The topological polar surface area (TPSA) is 77.6 Å². The number of nitrogens with one attached hydrogen (secondary N) is 1. The van der Waals surface area contributed by atoms with Crippen molar-refractivity contribution in [3.05, 3.63) is 59.7 Å². The molecule has 1 fully saturated rings. The molecule has 0 unspecified atom stereocenters. The standard InChI is InChI=1S/C19H19F3N6O/c20-19(21,22)16-10-15(14-6-7-14)28(25-16)9-8-17(29)24-18-23-12-27(26-18)11-13-4-2-1-3-5-13/h1-5,10,12,14H,6-9,11H2,(H,24,26,29). The zero-order valence-corrected chi connectivity index (χ0v) is 15.4. The van der Waals surface area contributed by atoms with Crippen LogP contribution in [0.4, 0.5) is 19.1 Å². The second kappa shape index (κ2) is 7.69. The van der Waals surface area contributed by atoms with E-state index in [1.807, 2.05) is 30.3 Å². The zero-order chi connectivity index (χ0) is 20.4. The predicted octanol–water partition coefficient (Wildman–Crippen LogP) is 3.45. The Kier molecular flexibility index (Phi) is 5.08. The van der Waals surface area contributed by atoms with Crippen LogP contribution < -0.4 is 5.32 Å². The molecule has 10 heteroatoms. The minimum Gasteiger partial charge on any atom is -0.293 e. The fourth-order valence-electron chi connectivity index (χ4n) is 3.05. The third kappa shape index (κ3) is 4.82. The molecule has 29 heavy (non-hydrogen) atoms. The second-order valence-electron chi connectivity index (χ2n) is 7.00.